The molecule has 0 radical (unpaired) electrons. The van der Waals surface area contributed by atoms with Gasteiger partial charge in [-0.3, -0.25) is 4.79 Å². The third-order valence-corrected chi connectivity index (χ3v) is 3.30. The zero-order valence-corrected chi connectivity index (χ0v) is 10.5. The molecule has 17 heavy (non-hydrogen) atoms. The second kappa shape index (κ2) is 6.33. The van der Waals surface area contributed by atoms with Crippen molar-refractivity contribution in [1.82, 2.24) is 10.2 Å². The molecule has 0 spiro atoms. The smallest absolute Gasteiger partial charge is 0.253 e. The van der Waals surface area contributed by atoms with Crippen LogP contribution in [0.4, 0.5) is 0 Å². The quantitative estimate of drug-likeness (QED) is 0.757. The number of nitrogens with one attached hydrogen (secondary N) is 1. The second-order valence-electron chi connectivity index (χ2n) is 4.57. The van der Waals surface area contributed by atoms with Gasteiger partial charge < -0.3 is 19.7 Å². The number of carbonyl (C=O) groups is 1. The van der Waals surface area contributed by atoms with Crippen LogP contribution in [0.5, 0.6) is 0 Å². The Hall–Kier alpha value is -0.650. The van der Waals surface area contributed by atoms with Crippen LogP contribution in [-0.4, -0.2) is 62.4 Å². The summed E-state index contributed by atoms with van der Waals surface area (Å²) >= 11 is 0. The second-order valence-corrected chi connectivity index (χ2v) is 4.57. The number of morpholine rings is 1. The van der Waals surface area contributed by atoms with Crippen LogP contribution in [0.15, 0.2) is 0 Å². The number of likely N-dealkylation sites (tertiary alicyclic amines) is 1. The lowest BCUT2D eigenvalue weighted by Crippen LogP contribution is -2.52. The zero-order valence-electron chi connectivity index (χ0n) is 10.5. The molecule has 0 saturated carbocycles. The predicted molar refractivity (Wildman–Crippen MR) is 63.8 cm³/mol. The van der Waals surface area contributed by atoms with Gasteiger partial charge in [-0.15, -0.1) is 0 Å². The van der Waals surface area contributed by atoms with Crippen LogP contribution in [0.1, 0.15) is 19.8 Å². The van der Waals surface area contributed by atoms with Crippen molar-refractivity contribution < 1.29 is 14.3 Å². The number of rotatable bonds is 3. The molecule has 2 atom stereocenters. The lowest BCUT2D eigenvalue weighted by atomic mass is 10.1. The van der Waals surface area contributed by atoms with Crippen LogP contribution in [-0.2, 0) is 14.3 Å². The van der Waals surface area contributed by atoms with Crippen LogP contribution in [0.3, 0.4) is 0 Å². The van der Waals surface area contributed by atoms with Crippen molar-refractivity contribution in [2.75, 3.05) is 39.4 Å². The Balaban J connectivity index is 1.85. The number of hydrogen-bond donors (Lipinski definition) is 1. The Morgan fingerprint density at radius 2 is 2.47 bits per heavy atom. The van der Waals surface area contributed by atoms with Crippen molar-refractivity contribution in [2.24, 2.45) is 0 Å². The summed E-state index contributed by atoms with van der Waals surface area (Å²) in [6.45, 7) is 6.36. The van der Waals surface area contributed by atoms with E-state index >= 15 is 0 Å². The summed E-state index contributed by atoms with van der Waals surface area (Å²) in [6.07, 6.45) is 1.98. The molecular weight excluding hydrogens is 220 g/mol. The average Bonchev–Trinajstić information content (AvgIpc) is 2.40. The lowest BCUT2D eigenvalue weighted by Gasteiger charge is -2.35. The third kappa shape index (κ3) is 3.40. The molecule has 2 heterocycles. The Morgan fingerprint density at radius 1 is 1.59 bits per heavy atom. The highest BCUT2D eigenvalue weighted by Crippen LogP contribution is 2.15. The number of piperidine rings is 1. The molecule has 0 aromatic carbocycles. The van der Waals surface area contributed by atoms with E-state index in [2.05, 4.69) is 5.32 Å². The molecule has 2 fully saturated rings. The number of hydrogen-bond acceptors (Lipinski definition) is 4. The van der Waals surface area contributed by atoms with Crippen molar-refractivity contribution in [3.8, 4) is 0 Å². The maximum absolute atomic E-state index is 12.2. The number of nitrogens with zero attached hydrogens (tertiary/aromatic N) is 1. The number of ether oxygens (including phenoxy) is 2. The molecular formula is C12H22N2O3. The van der Waals surface area contributed by atoms with Gasteiger partial charge in [0, 0.05) is 32.8 Å². The van der Waals surface area contributed by atoms with E-state index in [-0.39, 0.29) is 18.1 Å². The third-order valence-electron chi connectivity index (χ3n) is 3.30. The molecule has 0 aliphatic carbocycles. The van der Waals surface area contributed by atoms with Gasteiger partial charge in [-0.25, -0.2) is 0 Å². The van der Waals surface area contributed by atoms with Gasteiger partial charge in [0.05, 0.1) is 12.7 Å². The van der Waals surface area contributed by atoms with E-state index in [0.717, 1.165) is 25.9 Å². The molecule has 2 aliphatic rings. The van der Waals surface area contributed by atoms with Crippen LogP contribution in [0, 0.1) is 0 Å². The maximum atomic E-state index is 12.2. The fraction of sp³-hybridized carbons (Fsp3) is 0.917. The molecule has 98 valence electrons. The van der Waals surface area contributed by atoms with Crippen LogP contribution < -0.4 is 5.32 Å². The highest BCUT2D eigenvalue weighted by molar-refractivity contribution is 5.81. The molecule has 1 amide bonds. The fourth-order valence-corrected chi connectivity index (χ4v) is 2.44. The van der Waals surface area contributed by atoms with E-state index in [4.69, 9.17) is 9.47 Å². The SMILES string of the molecule is CCO[C@H]1CCCN(C(=O)[C@@H]2CNCCO2)C1. The van der Waals surface area contributed by atoms with Crippen LogP contribution >= 0.6 is 0 Å². The van der Waals surface area contributed by atoms with E-state index in [1.165, 1.54) is 0 Å². The van der Waals surface area contributed by atoms with Crippen LogP contribution in [0.25, 0.3) is 0 Å². The van der Waals surface area contributed by atoms with E-state index in [0.29, 0.717) is 26.3 Å². The first-order valence-electron chi connectivity index (χ1n) is 6.54. The number of carbonyl (C=O) groups excluding carboxylic acids is 1. The summed E-state index contributed by atoms with van der Waals surface area (Å²) in [6, 6.07) is 0. The minimum Gasteiger partial charge on any atom is -0.377 e. The predicted octanol–water partition coefficient (Wildman–Crippen LogP) is 0.00230. The summed E-state index contributed by atoms with van der Waals surface area (Å²) in [7, 11) is 0. The van der Waals surface area contributed by atoms with Crippen LogP contribution in [0.2, 0.25) is 0 Å². The summed E-state index contributed by atoms with van der Waals surface area (Å²) < 4.78 is 11.1. The van der Waals surface area contributed by atoms with Crippen molar-refractivity contribution in [3.05, 3.63) is 0 Å². The Bertz CT molecular complexity index is 252. The topological polar surface area (TPSA) is 50.8 Å². The molecule has 2 rings (SSSR count). The van der Waals surface area contributed by atoms with Gasteiger partial charge in [0.2, 0.25) is 0 Å². The Kier molecular flexibility index (Phi) is 4.76. The molecule has 0 aromatic rings. The fourth-order valence-electron chi connectivity index (χ4n) is 2.44. The molecule has 0 aromatic heterocycles. The van der Waals surface area contributed by atoms with Crippen molar-refractivity contribution >= 4 is 5.91 Å². The van der Waals surface area contributed by atoms with Gasteiger partial charge in [0.15, 0.2) is 0 Å². The van der Waals surface area contributed by atoms with Gasteiger partial charge >= 0.3 is 0 Å². The summed E-state index contributed by atoms with van der Waals surface area (Å²) in [5.74, 6) is 0.113. The Labute approximate surface area is 102 Å². The van der Waals surface area contributed by atoms with Gasteiger partial charge in [-0.2, -0.15) is 0 Å². The molecule has 2 aliphatic heterocycles. The van der Waals surface area contributed by atoms with E-state index < -0.39 is 0 Å². The van der Waals surface area contributed by atoms with E-state index in [1.807, 2.05) is 11.8 Å². The molecule has 5 nitrogen and oxygen atoms in total. The molecule has 0 unspecified atom stereocenters. The molecule has 0 bridgehead atoms. The van der Waals surface area contributed by atoms with E-state index in [1.54, 1.807) is 0 Å². The first-order chi connectivity index (χ1) is 8.31. The van der Waals surface area contributed by atoms with Gasteiger partial charge in [0.25, 0.3) is 5.91 Å². The standard InChI is InChI=1S/C12H22N2O3/c1-2-16-10-4-3-6-14(9-10)12(15)11-8-13-5-7-17-11/h10-11,13H,2-9H2,1H3/t10-,11-/m0/s1. The first kappa shape index (κ1) is 12.8. The molecule has 5 heteroatoms. The number of amides is 1. The summed E-state index contributed by atoms with van der Waals surface area (Å²) in [5.41, 5.74) is 0. The van der Waals surface area contributed by atoms with Gasteiger partial charge in [-0.05, 0) is 19.8 Å². The summed E-state index contributed by atoms with van der Waals surface area (Å²) in [4.78, 5) is 14.1. The zero-order chi connectivity index (χ0) is 12.1. The summed E-state index contributed by atoms with van der Waals surface area (Å²) in [5, 5.41) is 3.19. The minimum atomic E-state index is -0.302. The van der Waals surface area contributed by atoms with Crippen molar-refractivity contribution in [1.29, 1.82) is 0 Å². The van der Waals surface area contributed by atoms with E-state index in [9.17, 15) is 4.79 Å². The molecule has 1 N–H and O–H groups in total. The highest BCUT2D eigenvalue weighted by Gasteiger charge is 2.30. The van der Waals surface area contributed by atoms with Crippen molar-refractivity contribution in [3.63, 3.8) is 0 Å². The largest absolute Gasteiger partial charge is 0.377 e. The van der Waals surface area contributed by atoms with Crippen molar-refractivity contribution in [2.45, 2.75) is 32.0 Å². The Morgan fingerprint density at radius 3 is 3.18 bits per heavy atom. The average molecular weight is 242 g/mol. The lowest BCUT2D eigenvalue weighted by molar-refractivity contribution is -0.149. The highest BCUT2D eigenvalue weighted by atomic mass is 16.5. The monoisotopic (exact) mass is 242 g/mol. The van der Waals surface area contributed by atoms with Gasteiger partial charge in [-0.1, -0.05) is 0 Å². The first-order valence-corrected chi connectivity index (χ1v) is 6.54. The van der Waals surface area contributed by atoms with Gasteiger partial charge in [0.1, 0.15) is 6.10 Å². The maximum Gasteiger partial charge on any atom is 0.253 e. The minimum absolute atomic E-state index is 0.113. The normalized spacial score (nSPS) is 30.3. The molecule has 2 saturated heterocycles.